The number of carbonyl (C=O) groups excluding carboxylic acids is 1. The van der Waals surface area contributed by atoms with E-state index in [2.05, 4.69) is 31.4 Å². The van der Waals surface area contributed by atoms with Gasteiger partial charge in [0.1, 0.15) is 12.7 Å². The number of aromatic nitrogens is 3. The van der Waals surface area contributed by atoms with Crippen LogP contribution in [0.5, 0.6) is 0 Å². The number of nitrogens with zero attached hydrogens (tertiary/aromatic N) is 3. The molecular weight excluding hydrogens is 356 g/mol. The van der Waals surface area contributed by atoms with Crippen LogP contribution in [-0.2, 0) is 0 Å². The zero-order chi connectivity index (χ0) is 16.2. The number of halogens is 1. The number of carbonyl (C=O) groups is 1. The van der Waals surface area contributed by atoms with Gasteiger partial charge < -0.3 is 5.32 Å². The second-order valence-electron chi connectivity index (χ2n) is 5.14. The maximum absolute atomic E-state index is 12.6. The summed E-state index contributed by atoms with van der Waals surface area (Å²) in [5.74, 6) is -0.136. The van der Waals surface area contributed by atoms with Crippen LogP contribution in [0.1, 0.15) is 28.9 Å². The molecule has 0 radical (unpaired) electrons. The standard InChI is InChI=1S/C17H15BrN4O/c1-12(13-5-3-2-4-6-13)21-17(23)15-9-14(7-8-16(15)18)22-10-19-20-11-22/h2-12H,1H3,(H,21,23). The number of hydrogen-bond acceptors (Lipinski definition) is 3. The number of amides is 1. The van der Waals surface area contributed by atoms with Gasteiger partial charge in [-0.1, -0.05) is 30.3 Å². The Balaban J connectivity index is 1.83. The summed E-state index contributed by atoms with van der Waals surface area (Å²) < 4.78 is 2.50. The molecule has 3 aromatic rings. The van der Waals surface area contributed by atoms with E-state index in [9.17, 15) is 4.79 Å². The van der Waals surface area contributed by atoms with Crippen molar-refractivity contribution in [1.82, 2.24) is 20.1 Å². The molecule has 5 nitrogen and oxygen atoms in total. The van der Waals surface area contributed by atoms with Crippen molar-refractivity contribution in [2.45, 2.75) is 13.0 Å². The first kappa shape index (κ1) is 15.4. The summed E-state index contributed by atoms with van der Waals surface area (Å²) in [4.78, 5) is 12.6. The SMILES string of the molecule is CC(NC(=O)c1cc(-n2cnnc2)ccc1Br)c1ccccc1. The first-order chi connectivity index (χ1) is 11.1. The smallest absolute Gasteiger partial charge is 0.252 e. The molecule has 0 saturated carbocycles. The van der Waals surface area contributed by atoms with Crippen molar-refractivity contribution in [1.29, 1.82) is 0 Å². The third kappa shape index (κ3) is 3.48. The zero-order valence-corrected chi connectivity index (χ0v) is 14.1. The highest BCUT2D eigenvalue weighted by Gasteiger charge is 2.15. The van der Waals surface area contributed by atoms with E-state index in [0.29, 0.717) is 5.56 Å². The van der Waals surface area contributed by atoms with Crippen LogP contribution in [0.4, 0.5) is 0 Å². The number of hydrogen-bond donors (Lipinski definition) is 1. The molecule has 0 bridgehead atoms. The van der Waals surface area contributed by atoms with Gasteiger partial charge in [0.15, 0.2) is 0 Å². The van der Waals surface area contributed by atoms with E-state index < -0.39 is 0 Å². The summed E-state index contributed by atoms with van der Waals surface area (Å²) in [6, 6.07) is 15.3. The molecule has 3 rings (SSSR count). The highest BCUT2D eigenvalue weighted by molar-refractivity contribution is 9.10. The van der Waals surface area contributed by atoms with Crippen LogP contribution in [0, 0.1) is 0 Å². The lowest BCUT2D eigenvalue weighted by Gasteiger charge is -2.15. The van der Waals surface area contributed by atoms with Crippen molar-refractivity contribution >= 4 is 21.8 Å². The summed E-state index contributed by atoms with van der Waals surface area (Å²) in [5.41, 5.74) is 2.46. The molecule has 0 aliphatic rings. The Kier molecular flexibility index (Phi) is 4.52. The van der Waals surface area contributed by atoms with Gasteiger partial charge in [0.25, 0.3) is 5.91 Å². The molecule has 23 heavy (non-hydrogen) atoms. The Morgan fingerprint density at radius 2 is 1.83 bits per heavy atom. The van der Waals surface area contributed by atoms with E-state index in [4.69, 9.17) is 0 Å². The first-order valence-electron chi connectivity index (χ1n) is 7.15. The summed E-state index contributed by atoms with van der Waals surface area (Å²) in [6.45, 7) is 1.96. The molecule has 1 atom stereocenters. The van der Waals surface area contributed by atoms with Crippen LogP contribution in [0.25, 0.3) is 5.69 Å². The topological polar surface area (TPSA) is 59.8 Å². The third-order valence-corrected chi connectivity index (χ3v) is 4.25. The van der Waals surface area contributed by atoms with Crippen LogP contribution in [0.3, 0.4) is 0 Å². The Labute approximate surface area is 142 Å². The summed E-state index contributed by atoms with van der Waals surface area (Å²) in [6.07, 6.45) is 3.19. The molecule has 2 aromatic carbocycles. The Morgan fingerprint density at radius 1 is 1.13 bits per heavy atom. The maximum Gasteiger partial charge on any atom is 0.252 e. The van der Waals surface area contributed by atoms with Crippen molar-refractivity contribution in [3.63, 3.8) is 0 Å². The molecule has 0 saturated heterocycles. The number of benzene rings is 2. The second-order valence-corrected chi connectivity index (χ2v) is 5.99. The van der Waals surface area contributed by atoms with Crippen LogP contribution in [0.15, 0.2) is 65.7 Å². The van der Waals surface area contributed by atoms with Crippen LogP contribution < -0.4 is 5.32 Å². The van der Waals surface area contributed by atoms with Gasteiger partial charge in [-0.2, -0.15) is 0 Å². The molecule has 1 aromatic heterocycles. The average Bonchev–Trinajstić information content (AvgIpc) is 3.10. The Morgan fingerprint density at radius 3 is 2.52 bits per heavy atom. The highest BCUT2D eigenvalue weighted by Crippen LogP contribution is 2.21. The zero-order valence-electron chi connectivity index (χ0n) is 12.5. The van der Waals surface area contributed by atoms with Crippen LogP contribution >= 0.6 is 15.9 Å². The van der Waals surface area contributed by atoms with Crippen molar-refractivity contribution in [3.8, 4) is 5.69 Å². The van der Waals surface area contributed by atoms with Crippen molar-refractivity contribution in [3.05, 3.63) is 76.8 Å². The molecule has 1 N–H and O–H groups in total. The highest BCUT2D eigenvalue weighted by atomic mass is 79.9. The van der Waals surface area contributed by atoms with E-state index in [1.807, 2.05) is 49.4 Å². The van der Waals surface area contributed by atoms with Gasteiger partial charge >= 0.3 is 0 Å². The molecule has 6 heteroatoms. The van der Waals surface area contributed by atoms with Crippen molar-refractivity contribution < 1.29 is 4.79 Å². The molecule has 0 fully saturated rings. The minimum Gasteiger partial charge on any atom is -0.345 e. The summed E-state index contributed by atoms with van der Waals surface area (Å²) in [7, 11) is 0. The van der Waals surface area contributed by atoms with E-state index >= 15 is 0 Å². The lowest BCUT2D eigenvalue weighted by molar-refractivity contribution is 0.0939. The second kappa shape index (κ2) is 6.75. The fourth-order valence-corrected chi connectivity index (χ4v) is 2.71. The van der Waals surface area contributed by atoms with Gasteiger partial charge in [-0.05, 0) is 46.6 Å². The lowest BCUT2D eigenvalue weighted by atomic mass is 10.1. The molecule has 1 heterocycles. The van der Waals surface area contributed by atoms with Crippen LogP contribution in [-0.4, -0.2) is 20.7 Å². The van der Waals surface area contributed by atoms with Gasteiger partial charge in [-0.3, -0.25) is 9.36 Å². The molecule has 1 amide bonds. The largest absolute Gasteiger partial charge is 0.345 e. The number of nitrogens with one attached hydrogen (secondary N) is 1. The predicted molar refractivity (Wildman–Crippen MR) is 91.4 cm³/mol. The monoisotopic (exact) mass is 370 g/mol. The summed E-state index contributed by atoms with van der Waals surface area (Å²) >= 11 is 3.44. The van der Waals surface area contributed by atoms with Gasteiger partial charge in [-0.25, -0.2) is 0 Å². The molecule has 116 valence electrons. The van der Waals surface area contributed by atoms with Gasteiger partial charge in [0, 0.05) is 10.2 Å². The quantitative estimate of drug-likeness (QED) is 0.764. The van der Waals surface area contributed by atoms with E-state index in [1.54, 1.807) is 23.3 Å². The molecule has 1 unspecified atom stereocenters. The minimum absolute atomic E-state index is 0.0748. The fraction of sp³-hybridized carbons (Fsp3) is 0.118. The Bertz CT molecular complexity index is 803. The number of rotatable bonds is 4. The molecular formula is C17H15BrN4O. The van der Waals surface area contributed by atoms with Gasteiger partial charge in [0.05, 0.1) is 11.6 Å². The van der Waals surface area contributed by atoms with E-state index in [0.717, 1.165) is 15.7 Å². The van der Waals surface area contributed by atoms with Crippen LogP contribution in [0.2, 0.25) is 0 Å². The van der Waals surface area contributed by atoms with E-state index in [-0.39, 0.29) is 11.9 Å². The average molecular weight is 371 g/mol. The summed E-state index contributed by atoms with van der Waals surface area (Å²) in [5, 5.41) is 10.6. The fourth-order valence-electron chi connectivity index (χ4n) is 2.28. The maximum atomic E-state index is 12.6. The first-order valence-corrected chi connectivity index (χ1v) is 7.95. The molecule has 0 aliphatic heterocycles. The minimum atomic E-state index is -0.136. The van der Waals surface area contributed by atoms with Gasteiger partial charge in [0.2, 0.25) is 0 Å². The molecule has 0 spiro atoms. The molecule has 0 aliphatic carbocycles. The van der Waals surface area contributed by atoms with Crippen molar-refractivity contribution in [2.24, 2.45) is 0 Å². The van der Waals surface area contributed by atoms with E-state index in [1.165, 1.54) is 0 Å². The van der Waals surface area contributed by atoms with Gasteiger partial charge in [-0.15, -0.1) is 10.2 Å². The lowest BCUT2D eigenvalue weighted by Crippen LogP contribution is -2.27. The third-order valence-electron chi connectivity index (χ3n) is 3.56. The normalized spacial score (nSPS) is 11.9. The van der Waals surface area contributed by atoms with Crippen molar-refractivity contribution in [2.75, 3.05) is 0 Å². The predicted octanol–water partition coefficient (Wildman–Crippen LogP) is 3.52. The Hall–Kier alpha value is -2.47.